The second-order valence-corrected chi connectivity index (χ2v) is 5.45. The lowest BCUT2D eigenvalue weighted by Crippen LogP contribution is -2.47. The lowest BCUT2D eigenvalue weighted by molar-refractivity contribution is -0.137. The minimum absolute atomic E-state index is 0.0513. The predicted molar refractivity (Wildman–Crippen MR) is 95.0 cm³/mol. The van der Waals surface area contributed by atoms with Gasteiger partial charge in [0, 0.05) is 19.3 Å². The van der Waals surface area contributed by atoms with Crippen LogP contribution in [0.4, 0.5) is 10.5 Å². The van der Waals surface area contributed by atoms with Crippen molar-refractivity contribution in [3.8, 4) is 11.5 Å². The van der Waals surface area contributed by atoms with Crippen molar-refractivity contribution in [3.63, 3.8) is 0 Å². The van der Waals surface area contributed by atoms with Crippen LogP contribution in [0.15, 0.2) is 54.6 Å². The van der Waals surface area contributed by atoms with Gasteiger partial charge in [-0.2, -0.15) is 0 Å². The Labute approximate surface area is 146 Å². The van der Waals surface area contributed by atoms with Crippen LogP contribution in [0.1, 0.15) is 6.42 Å². The number of nitrogens with one attached hydrogen (secondary N) is 1. The molecule has 2 aromatic rings. The molecule has 0 heterocycles. The Hall–Kier alpha value is -3.06. The maximum atomic E-state index is 12.2. The van der Waals surface area contributed by atoms with E-state index in [1.165, 1.54) is 4.90 Å². The first-order valence-corrected chi connectivity index (χ1v) is 7.78. The predicted octanol–water partition coefficient (Wildman–Crippen LogP) is 2.43. The van der Waals surface area contributed by atoms with E-state index in [-0.39, 0.29) is 13.0 Å². The Balaban J connectivity index is 1.98. The lowest BCUT2D eigenvalue weighted by atomic mass is 10.2. The first-order chi connectivity index (χ1) is 12.0. The lowest BCUT2D eigenvalue weighted by Gasteiger charge is -2.22. The molecule has 7 heteroatoms. The van der Waals surface area contributed by atoms with Crippen LogP contribution in [0.2, 0.25) is 0 Å². The third-order valence-corrected chi connectivity index (χ3v) is 3.54. The third-order valence-electron chi connectivity index (χ3n) is 3.54. The summed E-state index contributed by atoms with van der Waals surface area (Å²) in [6, 6.07) is 15.3. The number of para-hydroxylation sites is 1. The molecule has 0 fully saturated rings. The Morgan fingerprint density at radius 2 is 1.72 bits per heavy atom. The number of carboxylic acids is 1. The molecule has 7 nitrogen and oxygen atoms in total. The average molecular weight is 343 g/mol. The van der Waals surface area contributed by atoms with E-state index in [4.69, 9.17) is 15.6 Å². The standard InChI is InChI=1S/C18H21N3O4/c1-21(18(24)20-13(12-19)11-17(22)23)14-7-9-16(10-8-14)25-15-5-3-2-4-6-15/h2-10,13H,11-12,19H2,1H3,(H,20,24)(H,22,23)/t13-/m1/s1. The number of carboxylic acid groups (broad SMARTS) is 1. The number of nitrogens with two attached hydrogens (primary N) is 1. The van der Waals surface area contributed by atoms with Gasteiger partial charge in [0.15, 0.2) is 0 Å². The van der Waals surface area contributed by atoms with Crippen molar-refractivity contribution in [2.45, 2.75) is 12.5 Å². The fraction of sp³-hybridized carbons (Fsp3) is 0.222. The number of anilines is 1. The molecule has 0 saturated heterocycles. The number of carbonyl (C=O) groups is 2. The molecule has 2 rings (SSSR count). The molecule has 0 saturated carbocycles. The second kappa shape index (κ2) is 8.70. The quantitative estimate of drug-likeness (QED) is 0.716. The van der Waals surface area contributed by atoms with E-state index in [1.807, 2.05) is 30.3 Å². The highest BCUT2D eigenvalue weighted by atomic mass is 16.5. The van der Waals surface area contributed by atoms with Crippen molar-refractivity contribution in [1.29, 1.82) is 0 Å². The number of carbonyl (C=O) groups excluding carboxylic acids is 1. The summed E-state index contributed by atoms with van der Waals surface area (Å²) < 4.78 is 5.70. The van der Waals surface area contributed by atoms with Crippen molar-refractivity contribution in [2.24, 2.45) is 5.73 Å². The normalized spacial score (nSPS) is 11.4. The molecule has 0 radical (unpaired) electrons. The van der Waals surface area contributed by atoms with Gasteiger partial charge in [0.25, 0.3) is 0 Å². The molecule has 0 aromatic heterocycles. The summed E-state index contributed by atoms with van der Waals surface area (Å²) in [5.74, 6) is 0.357. The van der Waals surface area contributed by atoms with Gasteiger partial charge in [-0.05, 0) is 36.4 Å². The molecular weight excluding hydrogens is 322 g/mol. The Morgan fingerprint density at radius 1 is 1.12 bits per heavy atom. The van der Waals surface area contributed by atoms with Crippen molar-refractivity contribution in [2.75, 3.05) is 18.5 Å². The average Bonchev–Trinajstić information content (AvgIpc) is 2.61. The zero-order chi connectivity index (χ0) is 18.2. The summed E-state index contributed by atoms with van der Waals surface area (Å²) in [5.41, 5.74) is 6.13. The van der Waals surface area contributed by atoms with Crippen molar-refractivity contribution >= 4 is 17.7 Å². The van der Waals surface area contributed by atoms with E-state index in [0.717, 1.165) is 5.75 Å². The molecule has 0 aliphatic rings. The largest absolute Gasteiger partial charge is 0.481 e. The molecule has 0 aliphatic heterocycles. The number of aliphatic carboxylic acids is 1. The van der Waals surface area contributed by atoms with Gasteiger partial charge >= 0.3 is 12.0 Å². The number of hydrogen-bond acceptors (Lipinski definition) is 4. The SMILES string of the molecule is CN(C(=O)N[C@@H](CN)CC(=O)O)c1ccc(Oc2ccccc2)cc1. The molecule has 1 atom stereocenters. The first kappa shape index (κ1) is 18.3. The molecular formula is C18H21N3O4. The third kappa shape index (κ3) is 5.50. The second-order valence-electron chi connectivity index (χ2n) is 5.45. The fourth-order valence-corrected chi connectivity index (χ4v) is 2.16. The molecule has 0 unspecified atom stereocenters. The Bertz CT molecular complexity index is 704. The highest BCUT2D eigenvalue weighted by Crippen LogP contribution is 2.23. The molecule has 0 bridgehead atoms. The smallest absolute Gasteiger partial charge is 0.321 e. The zero-order valence-electron chi connectivity index (χ0n) is 13.9. The van der Waals surface area contributed by atoms with Crippen LogP contribution >= 0.6 is 0 Å². The Morgan fingerprint density at radius 3 is 2.28 bits per heavy atom. The molecule has 0 aliphatic carbocycles. The number of hydrogen-bond donors (Lipinski definition) is 3. The Kier molecular flexibility index (Phi) is 6.36. The number of urea groups is 1. The molecule has 2 amide bonds. The van der Waals surface area contributed by atoms with Gasteiger partial charge in [0.1, 0.15) is 11.5 Å². The van der Waals surface area contributed by atoms with Gasteiger partial charge in [-0.25, -0.2) is 4.79 Å². The van der Waals surface area contributed by atoms with Crippen LogP contribution in [0, 0.1) is 0 Å². The zero-order valence-corrected chi connectivity index (χ0v) is 13.9. The minimum atomic E-state index is -1.01. The van der Waals surface area contributed by atoms with E-state index in [9.17, 15) is 9.59 Å². The van der Waals surface area contributed by atoms with E-state index in [0.29, 0.717) is 11.4 Å². The van der Waals surface area contributed by atoms with Gasteiger partial charge in [0.05, 0.1) is 12.5 Å². The summed E-state index contributed by atoms with van der Waals surface area (Å²) in [6.07, 6.45) is -0.222. The highest BCUT2D eigenvalue weighted by molar-refractivity contribution is 5.91. The van der Waals surface area contributed by atoms with Crippen molar-refractivity contribution in [1.82, 2.24) is 5.32 Å². The molecule has 132 valence electrons. The van der Waals surface area contributed by atoms with Gasteiger partial charge < -0.3 is 20.9 Å². The van der Waals surface area contributed by atoms with Crippen LogP contribution in [-0.2, 0) is 4.79 Å². The maximum Gasteiger partial charge on any atom is 0.321 e. The van der Waals surface area contributed by atoms with E-state index < -0.39 is 18.0 Å². The van der Waals surface area contributed by atoms with Crippen LogP contribution in [0.5, 0.6) is 11.5 Å². The molecule has 25 heavy (non-hydrogen) atoms. The van der Waals surface area contributed by atoms with Gasteiger partial charge in [-0.1, -0.05) is 18.2 Å². The number of nitrogens with zero attached hydrogens (tertiary/aromatic N) is 1. The fourth-order valence-electron chi connectivity index (χ4n) is 2.16. The number of benzene rings is 2. The van der Waals surface area contributed by atoms with Gasteiger partial charge in [-0.15, -0.1) is 0 Å². The molecule has 0 spiro atoms. The minimum Gasteiger partial charge on any atom is -0.481 e. The first-order valence-electron chi connectivity index (χ1n) is 7.78. The summed E-state index contributed by atoms with van der Waals surface area (Å²) in [6.45, 7) is 0.0513. The van der Waals surface area contributed by atoms with Gasteiger partial charge in [-0.3, -0.25) is 9.69 Å². The number of ether oxygens (including phenoxy) is 1. The highest BCUT2D eigenvalue weighted by Gasteiger charge is 2.17. The van der Waals surface area contributed by atoms with Crippen molar-refractivity contribution in [3.05, 3.63) is 54.6 Å². The van der Waals surface area contributed by atoms with E-state index in [1.54, 1.807) is 31.3 Å². The monoisotopic (exact) mass is 343 g/mol. The number of amides is 2. The van der Waals surface area contributed by atoms with Crippen LogP contribution < -0.4 is 20.7 Å². The van der Waals surface area contributed by atoms with Gasteiger partial charge in [0.2, 0.25) is 0 Å². The van der Waals surface area contributed by atoms with Crippen molar-refractivity contribution < 1.29 is 19.4 Å². The molecule has 2 aromatic carbocycles. The summed E-state index contributed by atoms with van der Waals surface area (Å²) in [4.78, 5) is 24.3. The van der Waals surface area contributed by atoms with E-state index in [2.05, 4.69) is 5.32 Å². The van der Waals surface area contributed by atoms with E-state index >= 15 is 0 Å². The number of rotatable bonds is 7. The van der Waals surface area contributed by atoms with Crippen LogP contribution in [-0.4, -0.2) is 36.7 Å². The van der Waals surface area contributed by atoms with Crippen LogP contribution in [0.25, 0.3) is 0 Å². The summed E-state index contributed by atoms with van der Waals surface area (Å²) in [5, 5.41) is 11.4. The summed E-state index contributed by atoms with van der Waals surface area (Å²) in [7, 11) is 1.59. The molecule has 4 N–H and O–H groups in total. The maximum absolute atomic E-state index is 12.2. The topological polar surface area (TPSA) is 105 Å². The summed E-state index contributed by atoms with van der Waals surface area (Å²) >= 11 is 0. The van der Waals surface area contributed by atoms with Crippen LogP contribution in [0.3, 0.4) is 0 Å².